The number of primary amides is 1. The van der Waals surface area contributed by atoms with E-state index in [0.717, 1.165) is 5.56 Å². The predicted octanol–water partition coefficient (Wildman–Crippen LogP) is 1.54. The maximum atomic E-state index is 10.9. The molecule has 3 nitrogen and oxygen atoms in total. The Labute approximate surface area is 74.7 Å². The van der Waals surface area contributed by atoms with Gasteiger partial charge in [-0.05, 0) is 24.8 Å². The van der Waals surface area contributed by atoms with E-state index in [0.29, 0.717) is 16.2 Å². The van der Waals surface area contributed by atoms with Gasteiger partial charge in [0.1, 0.15) is 0 Å². The second-order valence-corrected chi connectivity index (χ2v) is 3.49. The number of rotatable bonds is 2. The van der Waals surface area contributed by atoms with Crippen LogP contribution in [0.1, 0.15) is 27.7 Å². The highest BCUT2D eigenvalue weighted by Crippen LogP contribution is 2.21. The summed E-state index contributed by atoms with van der Waals surface area (Å²) in [6.07, 6.45) is 0. The van der Waals surface area contributed by atoms with E-state index in [1.54, 1.807) is 6.92 Å². The number of hydrogen-bond donors (Lipinski definition) is 2. The molecule has 0 unspecified atom stereocenters. The molecule has 1 aromatic heterocycles. The Hall–Kier alpha value is -1.16. The zero-order valence-corrected chi connectivity index (χ0v) is 7.79. The SMILES string of the molecule is CC(=N)c1scc(C)c1C(N)=O. The Balaban J connectivity index is 3.31. The summed E-state index contributed by atoms with van der Waals surface area (Å²) < 4.78 is 0. The monoisotopic (exact) mass is 182 g/mol. The summed E-state index contributed by atoms with van der Waals surface area (Å²) in [6, 6.07) is 0. The Bertz CT molecular complexity index is 341. The largest absolute Gasteiger partial charge is 0.366 e. The summed E-state index contributed by atoms with van der Waals surface area (Å²) in [5, 5.41) is 9.23. The van der Waals surface area contributed by atoms with E-state index in [2.05, 4.69) is 0 Å². The van der Waals surface area contributed by atoms with Gasteiger partial charge in [-0.15, -0.1) is 11.3 Å². The van der Waals surface area contributed by atoms with Gasteiger partial charge < -0.3 is 11.1 Å². The van der Waals surface area contributed by atoms with Crippen LogP contribution in [0.4, 0.5) is 0 Å². The van der Waals surface area contributed by atoms with Crippen LogP contribution in [0.2, 0.25) is 0 Å². The highest BCUT2D eigenvalue weighted by Gasteiger charge is 2.14. The van der Waals surface area contributed by atoms with Crippen LogP contribution in [0.15, 0.2) is 5.38 Å². The van der Waals surface area contributed by atoms with Crippen molar-refractivity contribution in [1.29, 1.82) is 5.41 Å². The van der Waals surface area contributed by atoms with Gasteiger partial charge in [-0.2, -0.15) is 0 Å². The zero-order valence-electron chi connectivity index (χ0n) is 6.97. The smallest absolute Gasteiger partial charge is 0.250 e. The molecule has 1 amide bonds. The molecule has 3 N–H and O–H groups in total. The van der Waals surface area contributed by atoms with E-state index in [1.165, 1.54) is 11.3 Å². The van der Waals surface area contributed by atoms with Crippen LogP contribution in [0.3, 0.4) is 0 Å². The maximum absolute atomic E-state index is 10.9. The number of hydrogen-bond acceptors (Lipinski definition) is 3. The minimum absolute atomic E-state index is 0.391. The van der Waals surface area contributed by atoms with E-state index >= 15 is 0 Å². The van der Waals surface area contributed by atoms with Gasteiger partial charge in [0.15, 0.2) is 0 Å². The van der Waals surface area contributed by atoms with E-state index in [9.17, 15) is 4.79 Å². The van der Waals surface area contributed by atoms with Crippen molar-refractivity contribution in [3.8, 4) is 0 Å². The van der Waals surface area contributed by atoms with Crippen molar-refractivity contribution < 1.29 is 4.79 Å². The summed E-state index contributed by atoms with van der Waals surface area (Å²) >= 11 is 1.39. The minimum atomic E-state index is -0.449. The fraction of sp³-hybridized carbons (Fsp3) is 0.250. The van der Waals surface area contributed by atoms with Gasteiger partial charge in [0.2, 0.25) is 0 Å². The second kappa shape index (κ2) is 3.06. The molecule has 1 rings (SSSR count). The van der Waals surface area contributed by atoms with Crippen molar-refractivity contribution in [3.05, 3.63) is 21.4 Å². The molecule has 0 aliphatic carbocycles. The number of nitrogens with one attached hydrogen (secondary N) is 1. The van der Waals surface area contributed by atoms with Gasteiger partial charge in [-0.1, -0.05) is 0 Å². The fourth-order valence-corrected chi connectivity index (χ4v) is 2.00. The summed E-state index contributed by atoms with van der Waals surface area (Å²) in [5.74, 6) is -0.449. The molecule has 12 heavy (non-hydrogen) atoms. The third-order valence-corrected chi connectivity index (χ3v) is 2.78. The summed E-state index contributed by atoms with van der Waals surface area (Å²) in [5.41, 5.74) is 6.91. The predicted molar refractivity (Wildman–Crippen MR) is 50.1 cm³/mol. The molecule has 64 valence electrons. The highest BCUT2D eigenvalue weighted by atomic mass is 32.1. The molecule has 0 saturated heterocycles. The average molecular weight is 182 g/mol. The van der Waals surface area contributed by atoms with Crippen LogP contribution >= 0.6 is 11.3 Å². The van der Waals surface area contributed by atoms with Crippen molar-refractivity contribution in [2.24, 2.45) is 5.73 Å². The van der Waals surface area contributed by atoms with Crippen LogP contribution in [0, 0.1) is 12.3 Å². The molecule has 1 heterocycles. The number of thiophene rings is 1. The molecule has 0 atom stereocenters. The lowest BCUT2D eigenvalue weighted by molar-refractivity contribution is 0.1000. The first-order valence-corrected chi connectivity index (χ1v) is 4.35. The summed E-state index contributed by atoms with van der Waals surface area (Å²) in [4.78, 5) is 11.6. The Kier molecular flexibility index (Phi) is 2.28. The van der Waals surface area contributed by atoms with Crippen molar-refractivity contribution >= 4 is 23.0 Å². The van der Waals surface area contributed by atoms with Crippen molar-refractivity contribution in [2.75, 3.05) is 0 Å². The minimum Gasteiger partial charge on any atom is -0.366 e. The number of amides is 1. The van der Waals surface area contributed by atoms with Crippen molar-refractivity contribution in [3.63, 3.8) is 0 Å². The molecular formula is C8H10N2OS. The van der Waals surface area contributed by atoms with Crippen molar-refractivity contribution in [1.82, 2.24) is 0 Å². The van der Waals surface area contributed by atoms with E-state index in [1.807, 2.05) is 12.3 Å². The fourth-order valence-electron chi connectivity index (χ4n) is 1.03. The lowest BCUT2D eigenvalue weighted by Gasteiger charge is -1.97. The van der Waals surface area contributed by atoms with E-state index < -0.39 is 5.91 Å². The van der Waals surface area contributed by atoms with Crippen LogP contribution in [0.25, 0.3) is 0 Å². The van der Waals surface area contributed by atoms with Crippen LogP contribution < -0.4 is 5.73 Å². The average Bonchev–Trinajstić information content (AvgIpc) is 2.30. The Morgan fingerprint density at radius 3 is 2.58 bits per heavy atom. The van der Waals surface area contributed by atoms with Gasteiger partial charge in [-0.3, -0.25) is 4.79 Å². The molecule has 0 aromatic carbocycles. The standard InChI is InChI=1S/C8H10N2OS/c1-4-3-12-7(5(2)9)6(4)8(10)11/h3,9H,1-2H3,(H2,10,11). The molecule has 0 aliphatic heterocycles. The number of aryl methyl sites for hydroxylation is 1. The summed E-state index contributed by atoms with van der Waals surface area (Å²) in [7, 11) is 0. The molecular weight excluding hydrogens is 172 g/mol. The molecule has 4 heteroatoms. The molecule has 0 aliphatic rings. The quantitative estimate of drug-likeness (QED) is 0.669. The first-order chi connectivity index (χ1) is 5.54. The van der Waals surface area contributed by atoms with Gasteiger partial charge in [0.05, 0.1) is 10.4 Å². The number of nitrogens with two attached hydrogens (primary N) is 1. The number of carbonyl (C=O) groups is 1. The topological polar surface area (TPSA) is 66.9 Å². The van der Waals surface area contributed by atoms with E-state index in [-0.39, 0.29) is 0 Å². The third kappa shape index (κ3) is 1.38. The Morgan fingerprint density at radius 1 is 1.67 bits per heavy atom. The first kappa shape index (κ1) is 8.93. The first-order valence-electron chi connectivity index (χ1n) is 3.47. The lowest BCUT2D eigenvalue weighted by Crippen LogP contribution is -2.14. The van der Waals surface area contributed by atoms with Gasteiger partial charge >= 0.3 is 0 Å². The normalized spacial score (nSPS) is 9.83. The molecule has 0 spiro atoms. The Morgan fingerprint density at radius 2 is 2.25 bits per heavy atom. The molecule has 0 bridgehead atoms. The van der Waals surface area contributed by atoms with Gasteiger partial charge in [0.25, 0.3) is 5.91 Å². The number of carbonyl (C=O) groups excluding carboxylic acids is 1. The van der Waals surface area contributed by atoms with Crippen LogP contribution in [-0.2, 0) is 0 Å². The van der Waals surface area contributed by atoms with Crippen LogP contribution in [0.5, 0.6) is 0 Å². The van der Waals surface area contributed by atoms with Crippen molar-refractivity contribution in [2.45, 2.75) is 13.8 Å². The van der Waals surface area contributed by atoms with Gasteiger partial charge in [-0.25, -0.2) is 0 Å². The maximum Gasteiger partial charge on any atom is 0.250 e. The third-order valence-electron chi connectivity index (χ3n) is 1.56. The lowest BCUT2D eigenvalue weighted by atomic mass is 10.1. The molecule has 0 radical (unpaired) electrons. The van der Waals surface area contributed by atoms with Gasteiger partial charge in [0, 0.05) is 5.71 Å². The highest BCUT2D eigenvalue weighted by molar-refractivity contribution is 7.12. The van der Waals surface area contributed by atoms with E-state index in [4.69, 9.17) is 11.1 Å². The zero-order chi connectivity index (χ0) is 9.30. The molecule has 0 fully saturated rings. The molecule has 0 saturated carbocycles. The second-order valence-electron chi connectivity index (χ2n) is 2.61. The van der Waals surface area contributed by atoms with Crippen LogP contribution in [-0.4, -0.2) is 11.6 Å². The molecule has 1 aromatic rings. The summed E-state index contributed by atoms with van der Waals surface area (Å²) in [6.45, 7) is 3.47.